The van der Waals surface area contributed by atoms with Crippen LogP contribution in [0.5, 0.6) is 0 Å². The van der Waals surface area contributed by atoms with Gasteiger partial charge in [0.1, 0.15) is 0 Å². The highest BCUT2D eigenvalue weighted by molar-refractivity contribution is 7.94. The highest BCUT2D eigenvalue weighted by Crippen LogP contribution is 2.15. The summed E-state index contributed by atoms with van der Waals surface area (Å²) in [6.45, 7) is 6.91. The largest absolute Gasteiger partial charge is 0.277 e. The normalized spacial score (nSPS) is 13.4. The summed E-state index contributed by atoms with van der Waals surface area (Å²) < 4.78 is 16.4. The van der Waals surface area contributed by atoms with Gasteiger partial charge in [0.2, 0.25) is 0 Å². The van der Waals surface area contributed by atoms with Gasteiger partial charge in [-0.1, -0.05) is 30.9 Å². The van der Waals surface area contributed by atoms with E-state index in [1.54, 1.807) is 30.3 Å². The van der Waals surface area contributed by atoms with Crippen molar-refractivity contribution in [3.05, 3.63) is 55.6 Å². The number of carbonyl (C=O) groups excluding carboxylic acids is 1. The first-order valence-corrected chi connectivity index (χ1v) is 6.88. The Bertz CT molecular complexity index is 526. The molecule has 0 saturated heterocycles. The number of nitrogens with zero attached hydrogens (tertiary/aromatic N) is 1. The van der Waals surface area contributed by atoms with E-state index in [2.05, 4.69) is 17.5 Å². The van der Waals surface area contributed by atoms with E-state index in [0.717, 1.165) is 6.08 Å². The lowest BCUT2D eigenvalue weighted by molar-refractivity contribution is -0.113. The quantitative estimate of drug-likeness (QED) is 0.595. The standard InChI is InChI=1S/C13H15NO2S/c1-3-5-11-17(16,14-13(15)4-2)12-9-7-6-8-10-12/h3-4,6-10H,1-2,5,11H2. The predicted molar refractivity (Wildman–Crippen MR) is 70.2 cm³/mol. The first-order valence-electron chi connectivity index (χ1n) is 5.19. The van der Waals surface area contributed by atoms with E-state index in [1.165, 1.54) is 0 Å². The van der Waals surface area contributed by atoms with Crippen LogP contribution in [0, 0.1) is 0 Å². The number of amides is 1. The highest BCUT2D eigenvalue weighted by Gasteiger charge is 2.12. The number of hydrogen-bond donors (Lipinski definition) is 0. The van der Waals surface area contributed by atoms with Crippen molar-refractivity contribution >= 4 is 15.6 Å². The molecule has 0 spiro atoms. The van der Waals surface area contributed by atoms with Gasteiger partial charge in [-0.3, -0.25) is 4.79 Å². The molecule has 0 aromatic heterocycles. The van der Waals surface area contributed by atoms with Crippen LogP contribution in [0.3, 0.4) is 0 Å². The van der Waals surface area contributed by atoms with Crippen LogP contribution in [0.1, 0.15) is 6.42 Å². The van der Waals surface area contributed by atoms with Crippen molar-refractivity contribution in [2.24, 2.45) is 4.36 Å². The number of carbonyl (C=O) groups is 1. The maximum absolute atomic E-state index is 12.6. The first-order chi connectivity index (χ1) is 8.12. The molecule has 1 unspecified atom stereocenters. The molecular weight excluding hydrogens is 234 g/mol. The van der Waals surface area contributed by atoms with Crippen molar-refractivity contribution in [1.82, 2.24) is 0 Å². The maximum Gasteiger partial charge on any atom is 0.277 e. The molecule has 0 radical (unpaired) electrons. The number of allylic oxidation sites excluding steroid dienone is 1. The molecule has 0 aliphatic heterocycles. The topological polar surface area (TPSA) is 46.5 Å². The lowest BCUT2D eigenvalue weighted by atomic mass is 10.4. The van der Waals surface area contributed by atoms with E-state index in [4.69, 9.17) is 0 Å². The van der Waals surface area contributed by atoms with E-state index in [-0.39, 0.29) is 0 Å². The second-order valence-corrected chi connectivity index (χ2v) is 5.71. The summed E-state index contributed by atoms with van der Waals surface area (Å²) in [5, 5.41) is 0. The van der Waals surface area contributed by atoms with Gasteiger partial charge in [-0.05, 0) is 24.6 Å². The van der Waals surface area contributed by atoms with Gasteiger partial charge in [0, 0.05) is 10.6 Å². The zero-order valence-corrected chi connectivity index (χ0v) is 10.4. The summed E-state index contributed by atoms with van der Waals surface area (Å²) in [6.07, 6.45) is 3.27. The molecule has 3 nitrogen and oxygen atoms in total. The third kappa shape index (κ3) is 3.67. The summed E-state index contributed by atoms with van der Waals surface area (Å²) in [4.78, 5) is 11.8. The zero-order chi connectivity index (χ0) is 12.7. The lowest BCUT2D eigenvalue weighted by Gasteiger charge is -2.07. The Morgan fingerprint density at radius 2 is 1.94 bits per heavy atom. The number of benzene rings is 1. The Kier molecular flexibility index (Phi) is 4.84. The molecule has 0 heterocycles. The van der Waals surface area contributed by atoms with Crippen LogP contribution in [0.25, 0.3) is 0 Å². The fraction of sp³-hybridized carbons (Fsp3) is 0.154. The Balaban J connectivity index is 3.25. The smallest absolute Gasteiger partial charge is 0.267 e. The Hall–Kier alpha value is -1.68. The minimum absolute atomic E-state index is 0.292. The van der Waals surface area contributed by atoms with Gasteiger partial charge in [0.25, 0.3) is 5.91 Å². The van der Waals surface area contributed by atoms with E-state index in [1.807, 2.05) is 6.07 Å². The summed E-state index contributed by atoms with van der Waals surface area (Å²) in [5.74, 6) is -0.261. The van der Waals surface area contributed by atoms with E-state index in [0.29, 0.717) is 17.1 Å². The summed E-state index contributed by atoms with van der Waals surface area (Å²) in [5.41, 5.74) is 0. The van der Waals surface area contributed by atoms with Crippen LogP contribution in [0.2, 0.25) is 0 Å². The number of rotatable bonds is 5. The minimum Gasteiger partial charge on any atom is -0.267 e. The van der Waals surface area contributed by atoms with Crippen molar-refractivity contribution in [3.8, 4) is 0 Å². The minimum atomic E-state index is -2.71. The molecule has 0 aliphatic carbocycles. The molecule has 1 aromatic carbocycles. The van der Waals surface area contributed by atoms with Gasteiger partial charge >= 0.3 is 0 Å². The molecule has 1 aromatic rings. The second kappa shape index (κ2) is 6.15. The van der Waals surface area contributed by atoms with Crippen LogP contribution in [0.15, 0.2) is 64.9 Å². The fourth-order valence-corrected chi connectivity index (χ4v) is 3.14. The maximum atomic E-state index is 12.6. The lowest BCUT2D eigenvalue weighted by Crippen LogP contribution is -2.08. The molecule has 0 saturated carbocycles. The predicted octanol–water partition coefficient (Wildman–Crippen LogP) is 2.80. The third-order valence-corrected chi connectivity index (χ3v) is 4.39. The van der Waals surface area contributed by atoms with Crippen molar-refractivity contribution < 1.29 is 9.00 Å². The molecule has 0 aliphatic rings. The van der Waals surface area contributed by atoms with Crippen molar-refractivity contribution in [1.29, 1.82) is 0 Å². The molecule has 1 amide bonds. The molecule has 0 bridgehead atoms. The summed E-state index contributed by atoms with van der Waals surface area (Å²) >= 11 is 0. The molecular formula is C13H15NO2S. The second-order valence-electron chi connectivity index (χ2n) is 3.37. The Morgan fingerprint density at radius 3 is 2.47 bits per heavy atom. The van der Waals surface area contributed by atoms with Gasteiger partial charge in [-0.2, -0.15) is 4.36 Å². The summed E-state index contributed by atoms with van der Waals surface area (Å²) in [6, 6.07) is 8.80. The van der Waals surface area contributed by atoms with Crippen LogP contribution in [0.4, 0.5) is 0 Å². The Labute approximate surface area is 102 Å². The van der Waals surface area contributed by atoms with Crippen LogP contribution in [-0.2, 0) is 14.5 Å². The molecule has 4 heteroatoms. The van der Waals surface area contributed by atoms with Gasteiger partial charge in [-0.25, -0.2) is 4.21 Å². The fourth-order valence-electron chi connectivity index (χ4n) is 1.28. The van der Waals surface area contributed by atoms with Crippen LogP contribution >= 0.6 is 0 Å². The highest BCUT2D eigenvalue weighted by atomic mass is 32.2. The third-order valence-electron chi connectivity index (χ3n) is 2.12. The zero-order valence-electron chi connectivity index (χ0n) is 9.54. The number of hydrogen-bond acceptors (Lipinski definition) is 2. The molecule has 1 atom stereocenters. The van der Waals surface area contributed by atoms with Crippen molar-refractivity contribution in [3.63, 3.8) is 0 Å². The molecule has 1 rings (SSSR count). The summed E-state index contributed by atoms with van der Waals surface area (Å²) in [7, 11) is -2.71. The van der Waals surface area contributed by atoms with Gasteiger partial charge in [0.05, 0.1) is 9.73 Å². The van der Waals surface area contributed by atoms with Crippen molar-refractivity contribution in [2.75, 3.05) is 5.75 Å². The van der Waals surface area contributed by atoms with E-state index >= 15 is 0 Å². The van der Waals surface area contributed by atoms with Crippen LogP contribution < -0.4 is 0 Å². The van der Waals surface area contributed by atoms with Crippen LogP contribution in [-0.4, -0.2) is 15.9 Å². The van der Waals surface area contributed by atoms with E-state index < -0.39 is 15.6 Å². The van der Waals surface area contributed by atoms with E-state index in [9.17, 15) is 9.00 Å². The molecule has 90 valence electrons. The monoisotopic (exact) mass is 249 g/mol. The molecule has 0 N–H and O–H groups in total. The Morgan fingerprint density at radius 1 is 1.29 bits per heavy atom. The molecule has 17 heavy (non-hydrogen) atoms. The average Bonchev–Trinajstić information content (AvgIpc) is 2.37. The van der Waals surface area contributed by atoms with Gasteiger partial charge in [-0.15, -0.1) is 6.58 Å². The van der Waals surface area contributed by atoms with Gasteiger partial charge < -0.3 is 0 Å². The SMILES string of the molecule is C=CCCS(=O)(=NC(=O)C=C)c1ccccc1. The first kappa shape index (κ1) is 13.4. The van der Waals surface area contributed by atoms with Crippen molar-refractivity contribution in [2.45, 2.75) is 11.3 Å². The van der Waals surface area contributed by atoms with Gasteiger partial charge in [0.15, 0.2) is 0 Å². The molecule has 0 fully saturated rings. The average molecular weight is 249 g/mol.